The number of hydrogen-bond acceptors (Lipinski definition) is 5. The van der Waals surface area contributed by atoms with E-state index in [0.29, 0.717) is 36.3 Å². The van der Waals surface area contributed by atoms with E-state index in [1.54, 1.807) is 7.11 Å². The molecule has 1 amide bonds. The van der Waals surface area contributed by atoms with Gasteiger partial charge in [-0.05, 0) is 49.4 Å². The van der Waals surface area contributed by atoms with Crippen LogP contribution < -0.4 is 4.74 Å². The van der Waals surface area contributed by atoms with Crippen molar-refractivity contribution in [3.63, 3.8) is 0 Å². The quantitative estimate of drug-likeness (QED) is 0.499. The summed E-state index contributed by atoms with van der Waals surface area (Å²) in [6.07, 6.45) is 2.67. The molecule has 2 aromatic carbocycles. The largest absolute Gasteiger partial charge is 0.497 e. The number of methoxy groups -OCH3 is 1. The number of nitrogens with zero attached hydrogens (tertiary/aromatic N) is 3. The van der Waals surface area contributed by atoms with Crippen LogP contribution in [0.5, 0.6) is 5.75 Å². The molecule has 5 rings (SSSR count). The Morgan fingerprint density at radius 2 is 2.12 bits per heavy atom. The Labute approximate surface area is 186 Å². The van der Waals surface area contributed by atoms with Crippen molar-refractivity contribution in [3.8, 4) is 17.1 Å². The number of amides is 1. The Balaban J connectivity index is 1.28. The number of hydrogen-bond donors (Lipinski definition) is 1. The fourth-order valence-corrected chi connectivity index (χ4v) is 4.45. The molecule has 3 heterocycles. The summed E-state index contributed by atoms with van der Waals surface area (Å²) in [5.74, 6) is 2.33. The minimum absolute atomic E-state index is 0.0241. The molecule has 1 aliphatic rings. The highest BCUT2D eigenvalue weighted by molar-refractivity contribution is 5.98. The number of benzene rings is 2. The maximum Gasteiger partial charge on any atom is 0.270 e. The van der Waals surface area contributed by atoms with Gasteiger partial charge in [0.1, 0.15) is 11.4 Å². The molecule has 1 saturated heterocycles. The van der Waals surface area contributed by atoms with Gasteiger partial charge < -0.3 is 19.1 Å². The van der Waals surface area contributed by atoms with Crippen molar-refractivity contribution in [2.75, 3.05) is 20.2 Å². The lowest BCUT2D eigenvalue weighted by Gasteiger charge is -2.31. The zero-order valence-corrected chi connectivity index (χ0v) is 18.3. The lowest BCUT2D eigenvalue weighted by Crippen LogP contribution is -2.40. The van der Waals surface area contributed by atoms with Gasteiger partial charge >= 0.3 is 0 Å². The molecule has 7 heteroatoms. The second-order valence-electron chi connectivity index (χ2n) is 8.43. The molecule has 4 aromatic rings. The molecule has 2 aromatic heterocycles. The van der Waals surface area contributed by atoms with Crippen LogP contribution >= 0.6 is 0 Å². The molecular weight excluding hydrogens is 404 g/mol. The van der Waals surface area contributed by atoms with E-state index < -0.39 is 0 Å². The maximum atomic E-state index is 13.2. The lowest BCUT2D eigenvalue weighted by atomic mass is 9.94. The van der Waals surface area contributed by atoms with E-state index >= 15 is 0 Å². The predicted molar refractivity (Wildman–Crippen MR) is 122 cm³/mol. The summed E-state index contributed by atoms with van der Waals surface area (Å²) in [5, 5.41) is 5.17. The van der Waals surface area contributed by atoms with Crippen LogP contribution in [0.25, 0.3) is 22.3 Å². The highest BCUT2D eigenvalue weighted by Gasteiger charge is 2.27. The molecular formula is C25H26N4O3. The molecule has 0 aliphatic carbocycles. The van der Waals surface area contributed by atoms with Crippen LogP contribution in [0, 0.1) is 12.8 Å². The van der Waals surface area contributed by atoms with Crippen LogP contribution in [0.2, 0.25) is 0 Å². The monoisotopic (exact) mass is 430 g/mol. The molecule has 0 radical (unpaired) electrons. The first-order valence-electron chi connectivity index (χ1n) is 11.0. The van der Waals surface area contributed by atoms with Gasteiger partial charge in [0.05, 0.1) is 7.11 Å². The number of carbonyl (C=O) groups excluding carboxylic acids is 1. The van der Waals surface area contributed by atoms with Crippen molar-refractivity contribution >= 4 is 16.8 Å². The Morgan fingerprint density at radius 3 is 2.97 bits per heavy atom. The second-order valence-corrected chi connectivity index (χ2v) is 8.43. The molecule has 32 heavy (non-hydrogen) atoms. The van der Waals surface area contributed by atoms with Gasteiger partial charge in [-0.25, -0.2) is 0 Å². The van der Waals surface area contributed by atoms with E-state index in [1.807, 2.05) is 60.4 Å². The van der Waals surface area contributed by atoms with E-state index in [2.05, 4.69) is 15.1 Å². The van der Waals surface area contributed by atoms with Gasteiger partial charge in [0.15, 0.2) is 0 Å². The highest BCUT2D eigenvalue weighted by atomic mass is 16.5. The summed E-state index contributed by atoms with van der Waals surface area (Å²) < 4.78 is 10.8. The van der Waals surface area contributed by atoms with Crippen LogP contribution in [0.4, 0.5) is 0 Å². The summed E-state index contributed by atoms with van der Waals surface area (Å²) >= 11 is 0. The standard InChI is InChI=1S/C25H26N4O3/c1-16-6-3-4-8-20(16)24-27-23(32-28-24)12-17-7-5-11-29(15-17)25(30)22-13-18-9-10-19(31-2)14-21(18)26-22/h3-4,6,8-10,13-14,17,26H,5,7,11-12,15H2,1-2H3. The predicted octanol–water partition coefficient (Wildman–Crippen LogP) is 4.63. The number of aromatic amines is 1. The summed E-state index contributed by atoms with van der Waals surface area (Å²) in [6, 6.07) is 15.7. The van der Waals surface area contributed by atoms with Gasteiger partial charge in [0.25, 0.3) is 5.91 Å². The summed E-state index contributed by atoms with van der Waals surface area (Å²) in [4.78, 5) is 22.9. The summed E-state index contributed by atoms with van der Waals surface area (Å²) in [5.41, 5.74) is 3.60. The van der Waals surface area contributed by atoms with E-state index in [0.717, 1.165) is 47.2 Å². The van der Waals surface area contributed by atoms with Crippen molar-refractivity contribution < 1.29 is 14.1 Å². The van der Waals surface area contributed by atoms with Gasteiger partial charge in [-0.3, -0.25) is 4.79 Å². The first kappa shape index (κ1) is 20.3. The average Bonchev–Trinajstić information content (AvgIpc) is 3.45. The van der Waals surface area contributed by atoms with E-state index in [4.69, 9.17) is 9.26 Å². The molecule has 1 fully saturated rings. The third kappa shape index (κ3) is 3.98. The molecule has 7 nitrogen and oxygen atoms in total. The van der Waals surface area contributed by atoms with Crippen molar-refractivity contribution in [2.45, 2.75) is 26.2 Å². The minimum Gasteiger partial charge on any atom is -0.497 e. The van der Waals surface area contributed by atoms with E-state index in [9.17, 15) is 4.79 Å². The molecule has 0 spiro atoms. The van der Waals surface area contributed by atoms with Gasteiger partial charge in [0.2, 0.25) is 11.7 Å². The number of rotatable bonds is 5. The number of aromatic nitrogens is 3. The van der Waals surface area contributed by atoms with E-state index in [1.165, 1.54) is 0 Å². The molecule has 0 saturated carbocycles. The molecule has 1 aliphatic heterocycles. The Morgan fingerprint density at radius 1 is 1.25 bits per heavy atom. The van der Waals surface area contributed by atoms with Gasteiger partial charge in [-0.1, -0.05) is 29.4 Å². The molecule has 1 unspecified atom stereocenters. The number of aryl methyl sites for hydroxylation is 1. The molecule has 1 N–H and O–H groups in total. The highest BCUT2D eigenvalue weighted by Crippen LogP contribution is 2.26. The number of H-pyrrole nitrogens is 1. The smallest absolute Gasteiger partial charge is 0.270 e. The fraction of sp³-hybridized carbons (Fsp3) is 0.320. The minimum atomic E-state index is 0.0241. The van der Waals surface area contributed by atoms with Crippen LogP contribution in [0.1, 0.15) is 34.8 Å². The number of likely N-dealkylation sites (tertiary alicyclic amines) is 1. The summed E-state index contributed by atoms with van der Waals surface area (Å²) in [7, 11) is 1.64. The number of ether oxygens (including phenoxy) is 1. The number of nitrogens with one attached hydrogen (secondary N) is 1. The zero-order valence-electron chi connectivity index (χ0n) is 18.3. The van der Waals surface area contributed by atoms with Crippen LogP contribution in [0.3, 0.4) is 0 Å². The Bertz CT molecular complexity index is 1260. The SMILES string of the molecule is COc1ccc2cc(C(=O)N3CCCC(Cc4nc(-c5ccccc5C)no4)C3)[nH]c2c1. The zero-order chi connectivity index (χ0) is 22.1. The van der Waals surface area contributed by atoms with Crippen LogP contribution in [-0.2, 0) is 6.42 Å². The Hall–Kier alpha value is -3.61. The Kier molecular flexibility index (Phi) is 5.39. The van der Waals surface area contributed by atoms with Gasteiger partial charge in [0, 0.05) is 42.0 Å². The second kappa shape index (κ2) is 8.49. The van der Waals surface area contributed by atoms with Crippen molar-refractivity contribution in [1.82, 2.24) is 20.0 Å². The van der Waals surface area contributed by atoms with Crippen molar-refractivity contribution in [3.05, 3.63) is 65.7 Å². The third-order valence-electron chi connectivity index (χ3n) is 6.18. The number of fused-ring (bicyclic) bond motifs is 1. The molecule has 0 bridgehead atoms. The van der Waals surface area contributed by atoms with Crippen LogP contribution in [0.15, 0.2) is 53.1 Å². The summed E-state index contributed by atoms with van der Waals surface area (Å²) in [6.45, 7) is 3.47. The van der Waals surface area contributed by atoms with Crippen molar-refractivity contribution in [1.29, 1.82) is 0 Å². The molecule has 164 valence electrons. The molecule has 1 atom stereocenters. The van der Waals surface area contributed by atoms with Crippen molar-refractivity contribution in [2.24, 2.45) is 5.92 Å². The van der Waals surface area contributed by atoms with Gasteiger partial charge in [-0.2, -0.15) is 4.98 Å². The lowest BCUT2D eigenvalue weighted by molar-refractivity contribution is 0.0663. The fourth-order valence-electron chi connectivity index (χ4n) is 4.45. The van der Waals surface area contributed by atoms with Crippen LogP contribution in [-0.4, -0.2) is 46.1 Å². The third-order valence-corrected chi connectivity index (χ3v) is 6.18. The van der Waals surface area contributed by atoms with E-state index in [-0.39, 0.29) is 5.91 Å². The first-order chi connectivity index (χ1) is 15.6. The number of piperidine rings is 1. The normalized spacial score (nSPS) is 16.4. The average molecular weight is 431 g/mol. The first-order valence-corrected chi connectivity index (χ1v) is 11.0. The number of carbonyl (C=O) groups is 1. The maximum absolute atomic E-state index is 13.2. The van der Waals surface area contributed by atoms with Gasteiger partial charge in [-0.15, -0.1) is 0 Å². The topological polar surface area (TPSA) is 84.2 Å².